The Balaban J connectivity index is 2.38. The van der Waals surface area contributed by atoms with E-state index in [-0.39, 0.29) is 10.7 Å². The van der Waals surface area contributed by atoms with E-state index in [2.05, 4.69) is 6.92 Å². The van der Waals surface area contributed by atoms with Crippen molar-refractivity contribution in [1.82, 2.24) is 0 Å². The second-order valence-electron chi connectivity index (χ2n) is 5.47. The highest BCUT2D eigenvalue weighted by atomic mass is 35.5. The first-order valence-corrected chi connectivity index (χ1v) is 7.07. The van der Waals surface area contributed by atoms with Crippen molar-refractivity contribution >= 4 is 28.7 Å². The van der Waals surface area contributed by atoms with Gasteiger partial charge in [0.15, 0.2) is 5.82 Å². The van der Waals surface area contributed by atoms with Gasteiger partial charge in [-0.2, -0.15) is 0 Å². The minimum Gasteiger partial charge on any atom is -0.397 e. The Morgan fingerprint density at radius 1 is 1.26 bits per heavy atom. The van der Waals surface area contributed by atoms with Crippen molar-refractivity contribution in [3.05, 3.63) is 16.9 Å². The molecule has 19 heavy (non-hydrogen) atoms. The molecule has 1 aliphatic carbocycles. The van der Waals surface area contributed by atoms with Gasteiger partial charge in [-0.3, -0.25) is 0 Å². The van der Waals surface area contributed by atoms with Crippen LogP contribution in [0.2, 0.25) is 5.02 Å². The lowest BCUT2D eigenvalue weighted by Crippen LogP contribution is -2.39. The minimum absolute atomic E-state index is 0.0421. The second-order valence-corrected chi connectivity index (χ2v) is 5.85. The zero-order valence-corrected chi connectivity index (χ0v) is 12.2. The quantitative estimate of drug-likeness (QED) is 0.816. The van der Waals surface area contributed by atoms with Crippen LogP contribution in [0.1, 0.15) is 32.6 Å². The fourth-order valence-electron chi connectivity index (χ4n) is 3.05. The molecular weight excluding hydrogens is 265 g/mol. The number of nitrogen functional groups attached to an aromatic ring is 2. The average molecular weight is 286 g/mol. The molecule has 5 heteroatoms. The van der Waals surface area contributed by atoms with Crippen LogP contribution >= 0.6 is 11.6 Å². The summed E-state index contributed by atoms with van der Waals surface area (Å²) in [7, 11) is 1.88. The largest absolute Gasteiger partial charge is 0.397 e. The van der Waals surface area contributed by atoms with Crippen molar-refractivity contribution < 1.29 is 4.39 Å². The van der Waals surface area contributed by atoms with E-state index in [1.54, 1.807) is 0 Å². The third kappa shape index (κ3) is 2.59. The Morgan fingerprint density at radius 2 is 1.89 bits per heavy atom. The summed E-state index contributed by atoms with van der Waals surface area (Å²) in [6.45, 7) is 2.20. The average Bonchev–Trinajstić information content (AvgIpc) is 2.36. The number of rotatable bonds is 2. The molecule has 4 N–H and O–H groups in total. The van der Waals surface area contributed by atoms with Crippen LogP contribution in [0.25, 0.3) is 0 Å². The van der Waals surface area contributed by atoms with E-state index in [1.807, 2.05) is 11.9 Å². The molecule has 0 saturated heterocycles. The number of hydrogen-bond donors (Lipinski definition) is 2. The molecule has 2 atom stereocenters. The minimum atomic E-state index is -0.514. The van der Waals surface area contributed by atoms with Crippen molar-refractivity contribution in [1.29, 1.82) is 0 Å². The van der Waals surface area contributed by atoms with E-state index in [1.165, 1.54) is 25.3 Å². The molecule has 1 saturated carbocycles. The zero-order chi connectivity index (χ0) is 14.2. The Bertz CT molecular complexity index is 478. The topological polar surface area (TPSA) is 55.3 Å². The van der Waals surface area contributed by atoms with Crippen LogP contribution in [0.3, 0.4) is 0 Å². The summed E-state index contributed by atoms with van der Waals surface area (Å²) < 4.78 is 14.3. The van der Waals surface area contributed by atoms with E-state index >= 15 is 0 Å². The van der Waals surface area contributed by atoms with Gasteiger partial charge in [0.1, 0.15) is 5.02 Å². The molecule has 1 aromatic rings. The van der Waals surface area contributed by atoms with Crippen LogP contribution in [-0.4, -0.2) is 13.1 Å². The van der Waals surface area contributed by atoms with E-state index < -0.39 is 5.82 Å². The van der Waals surface area contributed by atoms with Gasteiger partial charge in [0.05, 0.1) is 17.1 Å². The van der Waals surface area contributed by atoms with Crippen LogP contribution in [0.5, 0.6) is 0 Å². The molecule has 0 amide bonds. The maximum Gasteiger partial charge on any atom is 0.169 e. The molecule has 1 aliphatic rings. The highest BCUT2D eigenvalue weighted by Gasteiger charge is 2.28. The highest BCUT2D eigenvalue weighted by molar-refractivity contribution is 6.33. The molecule has 1 aromatic carbocycles. The summed E-state index contributed by atoms with van der Waals surface area (Å²) in [6, 6.07) is 1.83. The maximum absolute atomic E-state index is 14.3. The first-order valence-electron chi connectivity index (χ1n) is 6.69. The van der Waals surface area contributed by atoms with Gasteiger partial charge in [-0.25, -0.2) is 4.39 Å². The van der Waals surface area contributed by atoms with Crippen LogP contribution in [0.15, 0.2) is 6.07 Å². The lowest BCUT2D eigenvalue weighted by molar-refractivity contribution is 0.320. The monoisotopic (exact) mass is 285 g/mol. The number of anilines is 3. The van der Waals surface area contributed by atoms with Crippen LogP contribution in [0.4, 0.5) is 21.5 Å². The summed E-state index contributed by atoms with van der Waals surface area (Å²) in [6.07, 6.45) is 4.63. The predicted octanol–water partition coefficient (Wildman–Crippen LogP) is 3.66. The Kier molecular flexibility index (Phi) is 4.09. The van der Waals surface area contributed by atoms with Gasteiger partial charge in [0.2, 0.25) is 0 Å². The Hall–Kier alpha value is -1.16. The number of nitrogens with zero attached hydrogens (tertiary/aromatic N) is 1. The summed E-state index contributed by atoms with van der Waals surface area (Å²) in [5, 5.41) is -0.0421. The van der Waals surface area contributed by atoms with Crippen molar-refractivity contribution in [3.63, 3.8) is 0 Å². The normalized spacial score (nSPS) is 23.4. The molecule has 0 heterocycles. The standard InChI is InChI=1S/C14H21ClFN3/c1-8-5-3-4-6-11(8)19(2)14-10(18)7-9(17)12(15)13(14)16/h7-8,11H,3-6,17-18H2,1-2H3. The van der Waals surface area contributed by atoms with Crippen molar-refractivity contribution in [2.45, 2.75) is 38.6 Å². The van der Waals surface area contributed by atoms with Gasteiger partial charge in [-0.1, -0.05) is 31.4 Å². The molecular formula is C14H21ClFN3. The van der Waals surface area contributed by atoms with Gasteiger partial charge in [-0.15, -0.1) is 0 Å². The fourth-order valence-corrected chi connectivity index (χ4v) is 3.20. The molecule has 106 valence electrons. The first-order chi connectivity index (χ1) is 8.93. The van der Waals surface area contributed by atoms with Crippen molar-refractivity contribution in [3.8, 4) is 0 Å². The smallest absolute Gasteiger partial charge is 0.169 e. The lowest BCUT2D eigenvalue weighted by atomic mass is 9.85. The molecule has 2 unspecified atom stereocenters. The number of nitrogens with two attached hydrogens (primary N) is 2. The summed E-state index contributed by atoms with van der Waals surface area (Å²) in [5.74, 6) is 0.00770. The highest BCUT2D eigenvalue weighted by Crippen LogP contribution is 2.39. The summed E-state index contributed by atoms with van der Waals surface area (Å²) >= 11 is 5.89. The summed E-state index contributed by atoms with van der Waals surface area (Å²) in [4.78, 5) is 1.93. The molecule has 3 nitrogen and oxygen atoms in total. The Labute approximate surface area is 118 Å². The SMILES string of the molecule is CC1CCCCC1N(C)c1c(N)cc(N)c(Cl)c1F. The molecule has 0 bridgehead atoms. The van der Waals surface area contributed by atoms with Crippen LogP contribution in [0, 0.1) is 11.7 Å². The van der Waals surface area contributed by atoms with E-state index in [0.717, 1.165) is 6.42 Å². The molecule has 0 aliphatic heterocycles. The molecule has 2 rings (SSSR count). The van der Waals surface area contributed by atoms with E-state index in [4.69, 9.17) is 23.1 Å². The molecule has 1 fully saturated rings. The van der Waals surface area contributed by atoms with Crippen molar-refractivity contribution in [2.75, 3.05) is 23.4 Å². The number of hydrogen-bond acceptors (Lipinski definition) is 3. The van der Waals surface area contributed by atoms with Crippen LogP contribution < -0.4 is 16.4 Å². The van der Waals surface area contributed by atoms with Gasteiger partial charge in [0.25, 0.3) is 0 Å². The van der Waals surface area contributed by atoms with E-state index in [0.29, 0.717) is 23.3 Å². The van der Waals surface area contributed by atoms with Crippen LogP contribution in [-0.2, 0) is 0 Å². The fraction of sp³-hybridized carbons (Fsp3) is 0.571. The van der Waals surface area contributed by atoms with Gasteiger partial charge in [-0.05, 0) is 24.8 Å². The zero-order valence-electron chi connectivity index (χ0n) is 11.4. The van der Waals surface area contributed by atoms with Gasteiger partial charge >= 0.3 is 0 Å². The Morgan fingerprint density at radius 3 is 2.53 bits per heavy atom. The van der Waals surface area contributed by atoms with Gasteiger partial charge in [0, 0.05) is 13.1 Å². The third-order valence-electron chi connectivity index (χ3n) is 4.15. The number of halogens is 2. The summed E-state index contributed by atoms with van der Waals surface area (Å²) in [5.41, 5.74) is 12.5. The predicted molar refractivity (Wildman–Crippen MR) is 80.1 cm³/mol. The van der Waals surface area contributed by atoms with E-state index in [9.17, 15) is 4.39 Å². The lowest BCUT2D eigenvalue weighted by Gasteiger charge is -2.38. The van der Waals surface area contributed by atoms with Crippen molar-refractivity contribution in [2.24, 2.45) is 5.92 Å². The molecule has 0 aromatic heterocycles. The number of benzene rings is 1. The second kappa shape index (κ2) is 5.45. The van der Waals surface area contributed by atoms with Gasteiger partial charge < -0.3 is 16.4 Å². The third-order valence-corrected chi connectivity index (χ3v) is 4.54. The maximum atomic E-state index is 14.3. The first kappa shape index (κ1) is 14.3. The molecule has 0 spiro atoms. The molecule has 0 radical (unpaired) electrons.